The Bertz CT molecular complexity index is 442. The Kier molecular flexibility index (Phi) is 2.40. The first-order valence-corrected chi connectivity index (χ1v) is 5.25. The van der Waals surface area contributed by atoms with Gasteiger partial charge in [-0.3, -0.25) is 0 Å². The van der Waals surface area contributed by atoms with Crippen LogP contribution in [0.5, 0.6) is 0 Å². The van der Waals surface area contributed by atoms with Gasteiger partial charge in [-0.1, -0.05) is 24.3 Å². The highest BCUT2D eigenvalue weighted by Crippen LogP contribution is 2.20. The molecule has 1 heterocycles. The van der Waals surface area contributed by atoms with Gasteiger partial charge in [0.1, 0.15) is 0 Å². The Hall–Kier alpha value is -0.770. The molecule has 1 aromatic carbocycles. The summed E-state index contributed by atoms with van der Waals surface area (Å²) in [5.41, 5.74) is 1.28. The molecule has 2 rings (SSSR count). The van der Waals surface area contributed by atoms with Crippen LogP contribution < -0.4 is 0 Å². The molecule has 2 heteroatoms. The summed E-state index contributed by atoms with van der Waals surface area (Å²) < 4.78 is 3.52. The highest BCUT2D eigenvalue weighted by Gasteiger charge is 2.02. The quantitative estimate of drug-likeness (QED) is 0.588. The first kappa shape index (κ1) is 8.81. The molecule has 0 aliphatic rings. The van der Waals surface area contributed by atoms with Crippen LogP contribution in [0.2, 0.25) is 0 Å². The van der Waals surface area contributed by atoms with Gasteiger partial charge in [-0.2, -0.15) is 0 Å². The van der Waals surface area contributed by atoms with Crippen molar-refractivity contribution >= 4 is 33.5 Å². The zero-order valence-electron chi connectivity index (χ0n) is 7.20. The molecule has 0 saturated heterocycles. The summed E-state index contributed by atoms with van der Waals surface area (Å²) in [6, 6.07) is 10.6. The minimum atomic E-state index is 0.881. The van der Waals surface area contributed by atoms with Gasteiger partial charge in [0.25, 0.3) is 0 Å². The number of fused-ring (bicyclic) bond motifs is 1. The molecule has 0 spiro atoms. The number of para-hydroxylation sites is 1. The van der Waals surface area contributed by atoms with Crippen LogP contribution in [0.3, 0.4) is 0 Å². The van der Waals surface area contributed by atoms with E-state index >= 15 is 0 Å². The minimum Gasteiger partial charge on any atom is -0.332 e. The Labute approximate surface area is 91.2 Å². The maximum Gasteiger partial charge on any atom is 0.0812 e. The fourth-order valence-electron chi connectivity index (χ4n) is 1.49. The maximum atomic E-state index is 3.76. The molecule has 0 fully saturated rings. The lowest BCUT2D eigenvalue weighted by Gasteiger charge is -2.02. The topological polar surface area (TPSA) is 4.93 Å². The smallest absolute Gasteiger partial charge is 0.0812 e. The van der Waals surface area contributed by atoms with E-state index in [1.54, 1.807) is 0 Å². The summed E-state index contributed by atoms with van der Waals surface area (Å²) >= 11 is 2.35. The third kappa shape index (κ3) is 1.50. The number of hydrogen-bond donors (Lipinski definition) is 0. The monoisotopic (exact) mass is 283 g/mol. The fourth-order valence-corrected chi connectivity index (χ4v) is 2.28. The van der Waals surface area contributed by atoms with Gasteiger partial charge in [0.15, 0.2) is 0 Å². The van der Waals surface area contributed by atoms with Gasteiger partial charge in [0.05, 0.1) is 3.70 Å². The summed E-state index contributed by atoms with van der Waals surface area (Å²) in [6.45, 7) is 4.64. The van der Waals surface area contributed by atoms with E-state index in [9.17, 15) is 0 Å². The molecular formula is C11H10IN. The Morgan fingerprint density at radius 2 is 2.15 bits per heavy atom. The van der Waals surface area contributed by atoms with Crippen LogP contribution in [0.4, 0.5) is 0 Å². The molecular weight excluding hydrogens is 273 g/mol. The molecule has 0 unspecified atom stereocenters. The average molecular weight is 283 g/mol. The number of hydrogen-bond acceptors (Lipinski definition) is 0. The molecule has 13 heavy (non-hydrogen) atoms. The zero-order valence-corrected chi connectivity index (χ0v) is 9.36. The van der Waals surface area contributed by atoms with E-state index < -0.39 is 0 Å². The van der Waals surface area contributed by atoms with Gasteiger partial charge >= 0.3 is 0 Å². The van der Waals surface area contributed by atoms with Crippen LogP contribution in [0.1, 0.15) is 0 Å². The largest absolute Gasteiger partial charge is 0.332 e. The van der Waals surface area contributed by atoms with Crippen molar-refractivity contribution in [1.82, 2.24) is 4.57 Å². The van der Waals surface area contributed by atoms with E-state index in [0.29, 0.717) is 0 Å². The average Bonchev–Trinajstić information content (AvgIpc) is 2.44. The molecule has 0 aliphatic heterocycles. The van der Waals surface area contributed by atoms with Crippen molar-refractivity contribution in [3.63, 3.8) is 0 Å². The van der Waals surface area contributed by atoms with Crippen LogP contribution in [0, 0.1) is 3.70 Å². The predicted octanol–water partition coefficient (Wildman–Crippen LogP) is 3.43. The zero-order chi connectivity index (χ0) is 9.26. The van der Waals surface area contributed by atoms with Crippen LogP contribution in [0.25, 0.3) is 10.9 Å². The number of nitrogens with zero attached hydrogens (tertiary/aromatic N) is 1. The lowest BCUT2D eigenvalue weighted by Crippen LogP contribution is -1.95. The van der Waals surface area contributed by atoms with Crippen LogP contribution >= 0.6 is 22.6 Å². The van der Waals surface area contributed by atoms with E-state index in [-0.39, 0.29) is 0 Å². The Morgan fingerprint density at radius 1 is 1.38 bits per heavy atom. The summed E-state index contributed by atoms with van der Waals surface area (Å²) in [5, 5.41) is 1.30. The Morgan fingerprint density at radius 3 is 2.92 bits per heavy atom. The molecule has 1 nitrogen and oxygen atoms in total. The highest BCUT2D eigenvalue weighted by atomic mass is 127. The molecule has 66 valence electrons. The van der Waals surface area contributed by atoms with Gasteiger partial charge in [-0.25, -0.2) is 0 Å². The number of halogens is 1. The summed E-state index contributed by atoms with van der Waals surface area (Å²) in [4.78, 5) is 0. The van der Waals surface area contributed by atoms with E-state index in [0.717, 1.165) is 6.54 Å². The second-order valence-electron chi connectivity index (χ2n) is 2.93. The predicted molar refractivity (Wildman–Crippen MR) is 64.9 cm³/mol. The highest BCUT2D eigenvalue weighted by molar-refractivity contribution is 14.1. The van der Waals surface area contributed by atoms with E-state index in [1.165, 1.54) is 14.6 Å². The molecule has 0 aliphatic carbocycles. The van der Waals surface area contributed by atoms with Gasteiger partial charge in [0, 0.05) is 17.4 Å². The van der Waals surface area contributed by atoms with Gasteiger partial charge in [-0.05, 0) is 34.7 Å². The molecule has 1 aromatic heterocycles. The first-order valence-electron chi connectivity index (χ1n) is 4.17. The molecule has 0 bridgehead atoms. The minimum absolute atomic E-state index is 0.881. The van der Waals surface area contributed by atoms with Crippen molar-refractivity contribution in [2.24, 2.45) is 0 Å². The summed E-state index contributed by atoms with van der Waals surface area (Å²) in [7, 11) is 0. The third-order valence-electron chi connectivity index (χ3n) is 2.07. The lowest BCUT2D eigenvalue weighted by molar-refractivity contribution is 0.841. The number of benzene rings is 1. The lowest BCUT2D eigenvalue weighted by atomic mass is 10.2. The van der Waals surface area contributed by atoms with E-state index in [1.807, 2.05) is 6.08 Å². The maximum absolute atomic E-state index is 3.76. The molecule has 0 N–H and O–H groups in total. The second kappa shape index (κ2) is 3.54. The molecule has 0 atom stereocenters. The van der Waals surface area contributed by atoms with E-state index in [4.69, 9.17) is 0 Å². The van der Waals surface area contributed by atoms with Crippen molar-refractivity contribution in [3.05, 3.63) is 46.7 Å². The van der Waals surface area contributed by atoms with Crippen LogP contribution in [-0.2, 0) is 6.54 Å². The first-order chi connectivity index (χ1) is 6.33. The number of rotatable bonds is 2. The van der Waals surface area contributed by atoms with Crippen molar-refractivity contribution in [1.29, 1.82) is 0 Å². The van der Waals surface area contributed by atoms with Crippen molar-refractivity contribution in [2.45, 2.75) is 6.54 Å². The molecule has 0 amide bonds. The van der Waals surface area contributed by atoms with Gasteiger partial charge in [0.2, 0.25) is 0 Å². The normalized spacial score (nSPS) is 10.5. The summed E-state index contributed by atoms with van der Waals surface area (Å²) in [6.07, 6.45) is 1.93. The summed E-state index contributed by atoms with van der Waals surface area (Å²) in [5.74, 6) is 0. The van der Waals surface area contributed by atoms with Crippen molar-refractivity contribution < 1.29 is 0 Å². The number of aromatic nitrogens is 1. The standard InChI is InChI=1S/C11H10IN/c1-2-7-13-10-6-4-3-5-9(10)8-11(13)12/h2-6,8H,1,7H2. The van der Waals surface area contributed by atoms with Gasteiger partial charge in [-0.15, -0.1) is 6.58 Å². The van der Waals surface area contributed by atoms with E-state index in [2.05, 4.69) is 64.1 Å². The molecule has 2 aromatic rings. The third-order valence-corrected chi connectivity index (χ3v) is 2.97. The van der Waals surface area contributed by atoms with Crippen molar-refractivity contribution in [3.8, 4) is 0 Å². The van der Waals surface area contributed by atoms with Crippen LogP contribution in [-0.4, -0.2) is 4.57 Å². The number of allylic oxidation sites excluding steroid dienone is 1. The van der Waals surface area contributed by atoms with Gasteiger partial charge < -0.3 is 4.57 Å². The Balaban J connectivity index is 2.70. The van der Waals surface area contributed by atoms with Crippen molar-refractivity contribution in [2.75, 3.05) is 0 Å². The second-order valence-corrected chi connectivity index (χ2v) is 4.03. The SMILES string of the molecule is C=CCn1c(I)cc2ccccc21. The molecule has 0 radical (unpaired) electrons. The molecule has 0 saturated carbocycles. The van der Waals surface area contributed by atoms with Crippen LogP contribution in [0.15, 0.2) is 43.0 Å². The fraction of sp³-hybridized carbons (Fsp3) is 0.0909.